The summed E-state index contributed by atoms with van der Waals surface area (Å²) >= 11 is 2.46. The summed E-state index contributed by atoms with van der Waals surface area (Å²) in [5.74, 6) is 0. The second-order valence-corrected chi connectivity index (χ2v) is 6.95. The lowest BCUT2D eigenvalue weighted by Crippen LogP contribution is -2.03. The van der Waals surface area contributed by atoms with E-state index in [0.29, 0.717) is 0 Å². The zero-order chi connectivity index (χ0) is 14.7. The zero-order valence-corrected chi connectivity index (χ0v) is 14.2. The SMILES string of the molecule is In1c2c(c3cc4ccccc4cc31)CCc1ccccc1-2. The third-order valence-electron chi connectivity index (χ3n) is 4.80. The summed E-state index contributed by atoms with van der Waals surface area (Å²) in [7, 11) is 0. The van der Waals surface area contributed by atoms with Crippen LogP contribution in [0.5, 0.6) is 0 Å². The van der Waals surface area contributed by atoms with Gasteiger partial charge in [-0.05, 0) is 46.9 Å². The molecule has 0 radical (unpaired) electrons. The molecule has 0 saturated heterocycles. The van der Waals surface area contributed by atoms with Gasteiger partial charge in [0.25, 0.3) is 0 Å². The number of rotatable bonds is 0. The smallest absolute Gasteiger partial charge is 0.0646 e. The molecule has 22 heavy (non-hydrogen) atoms. The molecule has 0 aliphatic heterocycles. The second kappa shape index (κ2) is 4.59. The van der Waals surface area contributed by atoms with E-state index in [-0.39, 0.29) is 0 Å². The first kappa shape index (κ1) is 12.7. The molecule has 0 unspecified atom stereocenters. The number of benzene rings is 3. The first-order chi connectivity index (χ1) is 10.8. The number of halogens is 1. The van der Waals surface area contributed by atoms with Crippen LogP contribution in [0.1, 0.15) is 11.1 Å². The summed E-state index contributed by atoms with van der Waals surface area (Å²) in [6, 6.07) is 22.2. The standard InChI is InChI=1S/C20H14IN/c21-22-19-12-15-7-2-1-6-14(15)11-18(19)17-10-9-13-5-3-4-8-16(13)20(17)22/h1-8,11-12H,9-10H2. The van der Waals surface area contributed by atoms with E-state index in [1.54, 1.807) is 0 Å². The second-order valence-electron chi connectivity index (χ2n) is 5.98. The van der Waals surface area contributed by atoms with E-state index in [1.165, 1.54) is 44.1 Å². The van der Waals surface area contributed by atoms with Gasteiger partial charge < -0.3 is 0 Å². The van der Waals surface area contributed by atoms with E-state index in [9.17, 15) is 0 Å². The van der Waals surface area contributed by atoms with Crippen LogP contribution in [-0.2, 0) is 12.8 Å². The predicted molar refractivity (Wildman–Crippen MR) is 102 cm³/mol. The maximum absolute atomic E-state index is 2.46. The van der Waals surface area contributed by atoms with Gasteiger partial charge in [-0.1, -0.05) is 48.5 Å². The Balaban J connectivity index is 1.94. The lowest BCUT2D eigenvalue weighted by atomic mass is 9.89. The van der Waals surface area contributed by atoms with Crippen molar-refractivity contribution in [2.24, 2.45) is 0 Å². The van der Waals surface area contributed by atoms with E-state index >= 15 is 0 Å². The highest BCUT2D eigenvalue weighted by atomic mass is 127. The van der Waals surface area contributed by atoms with Gasteiger partial charge in [0.2, 0.25) is 0 Å². The third-order valence-corrected chi connectivity index (χ3v) is 5.80. The summed E-state index contributed by atoms with van der Waals surface area (Å²) in [4.78, 5) is 0. The fraction of sp³-hybridized carbons (Fsp3) is 0.100. The molecule has 0 bridgehead atoms. The normalized spacial score (nSPS) is 13.3. The van der Waals surface area contributed by atoms with Crippen molar-refractivity contribution in [2.75, 3.05) is 0 Å². The first-order valence-corrected chi connectivity index (χ1v) is 8.60. The topological polar surface area (TPSA) is 4.93 Å². The van der Waals surface area contributed by atoms with Crippen LogP contribution in [0.25, 0.3) is 32.9 Å². The average Bonchev–Trinajstić information content (AvgIpc) is 2.85. The van der Waals surface area contributed by atoms with Crippen LogP contribution in [0, 0.1) is 0 Å². The van der Waals surface area contributed by atoms with Crippen LogP contribution in [0.3, 0.4) is 0 Å². The number of hydrogen-bond donors (Lipinski definition) is 0. The highest BCUT2D eigenvalue weighted by molar-refractivity contribution is 14.1. The molecule has 5 rings (SSSR count). The van der Waals surface area contributed by atoms with E-state index < -0.39 is 0 Å². The Morgan fingerprint density at radius 2 is 1.55 bits per heavy atom. The molecular weight excluding hydrogens is 381 g/mol. The minimum absolute atomic E-state index is 1.14. The Morgan fingerprint density at radius 3 is 2.41 bits per heavy atom. The summed E-state index contributed by atoms with van der Waals surface area (Å²) in [5.41, 5.74) is 7.11. The number of aryl methyl sites for hydroxylation is 2. The van der Waals surface area contributed by atoms with Gasteiger partial charge in [-0.3, -0.25) is 2.78 Å². The monoisotopic (exact) mass is 395 g/mol. The highest BCUT2D eigenvalue weighted by Crippen LogP contribution is 2.42. The molecule has 0 fully saturated rings. The first-order valence-electron chi connectivity index (χ1n) is 7.63. The number of fused-ring (bicyclic) bond motifs is 6. The van der Waals surface area contributed by atoms with Gasteiger partial charge in [-0.25, -0.2) is 0 Å². The number of hydrogen-bond acceptors (Lipinski definition) is 0. The van der Waals surface area contributed by atoms with Gasteiger partial charge in [0.1, 0.15) is 0 Å². The van der Waals surface area contributed by atoms with Gasteiger partial charge in [0, 0.05) is 10.9 Å². The molecule has 3 aromatic carbocycles. The minimum atomic E-state index is 1.14. The van der Waals surface area contributed by atoms with Gasteiger partial charge in [-0.15, -0.1) is 0 Å². The lowest BCUT2D eigenvalue weighted by Gasteiger charge is -2.17. The predicted octanol–water partition coefficient (Wildman–Crippen LogP) is 5.76. The fourth-order valence-electron chi connectivity index (χ4n) is 3.75. The van der Waals surface area contributed by atoms with Crippen LogP contribution < -0.4 is 0 Å². The maximum Gasteiger partial charge on any atom is 0.0646 e. The van der Waals surface area contributed by atoms with Crippen molar-refractivity contribution in [3.05, 3.63) is 71.8 Å². The summed E-state index contributed by atoms with van der Waals surface area (Å²) < 4.78 is 2.35. The van der Waals surface area contributed by atoms with Crippen molar-refractivity contribution in [3.8, 4) is 11.3 Å². The third kappa shape index (κ3) is 1.64. The molecule has 0 N–H and O–H groups in total. The average molecular weight is 395 g/mol. The lowest BCUT2D eigenvalue weighted by molar-refractivity contribution is 0.946. The van der Waals surface area contributed by atoms with Gasteiger partial charge in [0.05, 0.1) is 34.1 Å². The summed E-state index contributed by atoms with van der Waals surface area (Å²) in [5, 5.41) is 4.06. The summed E-state index contributed by atoms with van der Waals surface area (Å²) in [6.45, 7) is 0. The zero-order valence-electron chi connectivity index (χ0n) is 12.0. The van der Waals surface area contributed by atoms with E-state index in [4.69, 9.17) is 0 Å². The Bertz CT molecular complexity index is 1040. The molecule has 0 saturated carbocycles. The van der Waals surface area contributed by atoms with Crippen molar-refractivity contribution in [1.29, 1.82) is 0 Å². The molecule has 106 valence electrons. The highest BCUT2D eigenvalue weighted by Gasteiger charge is 2.23. The van der Waals surface area contributed by atoms with Crippen molar-refractivity contribution in [1.82, 2.24) is 2.78 Å². The molecule has 2 heteroatoms. The van der Waals surface area contributed by atoms with Crippen LogP contribution in [0.2, 0.25) is 0 Å². The molecule has 0 amide bonds. The molecule has 1 heterocycles. The molecule has 1 aromatic heterocycles. The largest absolute Gasteiger partial charge is 0.281 e. The van der Waals surface area contributed by atoms with Crippen molar-refractivity contribution in [3.63, 3.8) is 0 Å². The van der Waals surface area contributed by atoms with E-state index in [1.807, 2.05) is 0 Å². The Kier molecular flexibility index (Phi) is 2.65. The van der Waals surface area contributed by atoms with Crippen LogP contribution in [0.4, 0.5) is 0 Å². The van der Waals surface area contributed by atoms with Gasteiger partial charge in [0.15, 0.2) is 0 Å². The quantitative estimate of drug-likeness (QED) is 0.334. The summed E-state index contributed by atoms with van der Waals surface area (Å²) in [6.07, 6.45) is 2.28. The van der Waals surface area contributed by atoms with Crippen molar-refractivity contribution in [2.45, 2.75) is 12.8 Å². The molecule has 1 aliphatic carbocycles. The Hall–Kier alpha value is -1.81. The molecular formula is C20H14IN. The Morgan fingerprint density at radius 1 is 0.818 bits per heavy atom. The molecule has 0 atom stereocenters. The number of nitrogens with zero attached hydrogens (tertiary/aromatic N) is 1. The van der Waals surface area contributed by atoms with Gasteiger partial charge in [-0.2, -0.15) is 0 Å². The van der Waals surface area contributed by atoms with Crippen molar-refractivity contribution < 1.29 is 0 Å². The van der Waals surface area contributed by atoms with Crippen LogP contribution >= 0.6 is 22.9 Å². The van der Waals surface area contributed by atoms with Crippen molar-refractivity contribution >= 4 is 44.5 Å². The van der Waals surface area contributed by atoms with Crippen LogP contribution in [-0.4, -0.2) is 2.78 Å². The molecule has 1 aliphatic rings. The van der Waals surface area contributed by atoms with E-state index in [2.05, 4.69) is 86.3 Å². The Labute approximate surface area is 143 Å². The number of aromatic nitrogens is 1. The molecule has 4 aromatic rings. The molecule has 1 nitrogen and oxygen atoms in total. The minimum Gasteiger partial charge on any atom is -0.281 e. The fourth-order valence-corrected chi connectivity index (χ4v) is 4.70. The van der Waals surface area contributed by atoms with E-state index in [0.717, 1.165) is 12.8 Å². The maximum atomic E-state index is 2.46. The molecule has 0 spiro atoms. The van der Waals surface area contributed by atoms with Gasteiger partial charge >= 0.3 is 0 Å². The van der Waals surface area contributed by atoms with Crippen LogP contribution in [0.15, 0.2) is 60.7 Å².